The fourth-order valence-electron chi connectivity index (χ4n) is 2.09. The van der Waals surface area contributed by atoms with Crippen molar-refractivity contribution in [3.63, 3.8) is 0 Å². The summed E-state index contributed by atoms with van der Waals surface area (Å²) >= 11 is 0. The molecule has 5 heteroatoms. The molecule has 2 rings (SSSR count). The van der Waals surface area contributed by atoms with Crippen LogP contribution in [0.4, 0.5) is 0 Å². The molecule has 0 amide bonds. The molecule has 21 heavy (non-hydrogen) atoms. The summed E-state index contributed by atoms with van der Waals surface area (Å²) in [6.07, 6.45) is 0. The van der Waals surface area contributed by atoms with Crippen LogP contribution < -0.4 is 5.73 Å². The summed E-state index contributed by atoms with van der Waals surface area (Å²) in [5, 5.41) is 0. The second kappa shape index (κ2) is 6.39. The number of nitrogens with zero attached hydrogens (tertiary/aromatic N) is 1. The minimum atomic E-state index is -3.49. The van der Waals surface area contributed by atoms with Gasteiger partial charge >= 0.3 is 0 Å². The molecule has 0 saturated heterocycles. The zero-order valence-corrected chi connectivity index (χ0v) is 13.1. The molecule has 0 spiro atoms. The minimum absolute atomic E-state index is 0.288. The standard InChI is InChI=1S/C16H20N2O2S/c1-13-5-3-4-6-15(13)12-18(2)21(19,20)16-9-7-14(11-17)8-10-16/h3-10H,11-12,17H2,1-2H3. The fourth-order valence-corrected chi connectivity index (χ4v) is 3.24. The number of rotatable bonds is 5. The predicted octanol–water partition coefficient (Wildman–Crippen LogP) is 2.27. The summed E-state index contributed by atoms with van der Waals surface area (Å²) < 4.78 is 26.5. The molecule has 0 radical (unpaired) electrons. The second-order valence-electron chi connectivity index (χ2n) is 5.04. The minimum Gasteiger partial charge on any atom is -0.326 e. The van der Waals surface area contributed by atoms with Crippen LogP contribution in [0.25, 0.3) is 0 Å². The summed E-state index contributed by atoms with van der Waals surface area (Å²) in [4.78, 5) is 0.288. The lowest BCUT2D eigenvalue weighted by Gasteiger charge is -2.18. The van der Waals surface area contributed by atoms with Crippen LogP contribution in [0.5, 0.6) is 0 Å². The van der Waals surface area contributed by atoms with Crippen molar-refractivity contribution in [2.75, 3.05) is 7.05 Å². The van der Waals surface area contributed by atoms with Crippen LogP contribution >= 0.6 is 0 Å². The second-order valence-corrected chi connectivity index (χ2v) is 7.08. The van der Waals surface area contributed by atoms with Gasteiger partial charge < -0.3 is 5.73 Å². The van der Waals surface area contributed by atoms with Gasteiger partial charge in [0.15, 0.2) is 0 Å². The van der Waals surface area contributed by atoms with Gasteiger partial charge in [0.2, 0.25) is 10.0 Å². The molecule has 0 atom stereocenters. The van der Waals surface area contributed by atoms with Crippen molar-refractivity contribution in [3.8, 4) is 0 Å². The maximum atomic E-state index is 12.5. The molecule has 0 aliphatic carbocycles. The van der Waals surface area contributed by atoms with E-state index >= 15 is 0 Å². The van der Waals surface area contributed by atoms with E-state index in [1.165, 1.54) is 4.31 Å². The van der Waals surface area contributed by atoms with Gasteiger partial charge in [0.1, 0.15) is 0 Å². The molecular weight excluding hydrogens is 284 g/mol. The lowest BCUT2D eigenvalue weighted by molar-refractivity contribution is 0.466. The monoisotopic (exact) mass is 304 g/mol. The Morgan fingerprint density at radius 3 is 2.24 bits per heavy atom. The Balaban J connectivity index is 2.24. The SMILES string of the molecule is Cc1ccccc1CN(C)S(=O)(=O)c1ccc(CN)cc1. The number of hydrogen-bond donors (Lipinski definition) is 1. The lowest BCUT2D eigenvalue weighted by Crippen LogP contribution is -2.26. The highest BCUT2D eigenvalue weighted by atomic mass is 32.2. The molecule has 0 bridgehead atoms. The van der Waals surface area contributed by atoms with Gasteiger partial charge in [-0.2, -0.15) is 4.31 Å². The molecule has 112 valence electrons. The van der Waals surface area contributed by atoms with Crippen LogP contribution in [0, 0.1) is 6.92 Å². The van der Waals surface area contributed by atoms with Crippen molar-refractivity contribution in [2.24, 2.45) is 5.73 Å². The van der Waals surface area contributed by atoms with Crippen molar-refractivity contribution in [2.45, 2.75) is 24.9 Å². The first kappa shape index (κ1) is 15.7. The summed E-state index contributed by atoms with van der Waals surface area (Å²) in [5.41, 5.74) is 8.52. The quantitative estimate of drug-likeness (QED) is 0.921. The predicted molar refractivity (Wildman–Crippen MR) is 84.2 cm³/mol. The number of nitrogens with two attached hydrogens (primary N) is 1. The zero-order valence-electron chi connectivity index (χ0n) is 12.3. The lowest BCUT2D eigenvalue weighted by atomic mass is 10.1. The first-order chi connectivity index (χ1) is 9.95. The molecule has 0 aliphatic heterocycles. The van der Waals surface area contributed by atoms with Gasteiger partial charge in [-0.25, -0.2) is 8.42 Å². The van der Waals surface area contributed by atoms with Crippen LogP contribution in [-0.2, 0) is 23.1 Å². The largest absolute Gasteiger partial charge is 0.326 e. The van der Waals surface area contributed by atoms with Crippen LogP contribution in [0.15, 0.2) is 53.4 Å². The molecule has 0 aromatic heterocycles. The van der Waals surface area contributed by atoms with Crippen LogP contribution in [0.3, 0.4) is 0 Å². The average Bonchev–Trinajstić information content (AvgIpc) is 2.49. The number of benzene rings is 2. The highest BCUT2D eigenvalue weighted by Gasteiger charge is 2.21. The van der Waals surface area contributed by atoms with Gasteiger partial charge in [0, 0.05) is 20.1 Å². The van der Waals surface area contributed by atoms with Crippen molar-refractivity contribution >= 4 is 10.0 Å². The molecule has 4 nitrogen and oxygen atoms in total. The summed E-state index contributed by atoms with van der Waals surface area (Å²) in [7, 11) is -1.89. The molecule has 0 fully saturated rings. The topological polar surface area (TPSA) is 63.4 Å². The molecule has 0 saturated carbocycles. The first-order valence-corrected chi connectivity index (χ1v) is 8.19. The third-order valence-corrected chi connectivity index (χ3v) is 5.34. The van der Waals surface area contributed by atoms with E-state index in [0.29, 0.717) is 13.1 Å². The fraction of sp³-hybridized carbons (Fsp3) is 0.250. The van der Waals surface area contributed by atoms with E-state index in [2.05, 4.69) is 0 Å². The van der Waals surface area contributed by atoms with Gasteiger partial charge in [0.05, 0.1) is 4.90 Å². The van der Waals surface area contributed by atoms with E-state index < -0.39 is 10.0 Å². The third-order valence-electron chi connectivity index (χ3n) is 3.52. The van der Waals surface area contributed by atoms with E-state index in [-0.39, 0.29) is 4.90 Å². The van der Waals surface area contributed by atoms with E-state index in [0.717, 1.165) is 16.7 Å². The maximum Gasteiger partial charge on any atom is 0.243 e. The van der Waals surface area contributed by atoms with Gasteiger partial charge in [-0.15, -0.1) is 0 Å². The number of aryl methyl sites for hydroxylation is 1. The molecule has 2 N–H and O–H groups in total. The van der Waals surface area contributed by atoms with E-state index in [9.17, 15) is 8.42 Å². The van der Waals surface area contributed by atoms with Gasteiger partial charge in [-0.1, -0.05) is 36.4 Å². The highest BCUT2D eigenvalue weighted by Crippen LogP contribution is 2.18. The van der Waals surface area contributed by atoms with E-state index in [1.54, 1.807) is 31.3 Å². The zero-order chi connectivity index (χ0) is 15.5. The molecule has 2 aromatic carbocycles. The summed E-state index contributed by atoms with van der Waals surface area (Å²) in [5.74, 6) is 0. The molecular formula is C16H20N2O2S. The smallest absolute Gasteiger partial charge is 0.243 e. The van der Waals surface area contributed by atoms with Crippen molar-refractivity contribution in [1.82, 2.24) is 4.31 Å². The van der Waals surface area contributed by atoms with Crippen LogP contribution in [-0.4, -0.2) is 19.8 Å². The number of sulfonamides is 1. The molecule has 0 heterocycles. The van der Waals surface area contributed by atoms with E-state index in [4.69, 9.17) is 5.73 Å². The maximum absolute atomic E-state index is 12.5. The molecule has 2 aromatic rings. The average molecular weight is 304 g/mol. The highest BCUT2D eigenvalue weighted by molar-refractivity contribution is 7.89. The Bertz CT molecular complexity index is 709. The summed E-state index contributed by atoms with van der Waals surface area (Å²) in [6.45, 7) is 2.73. The Morgan fingerprint density at radius 2 is 1.67 bits per heavy atom. The normalized spacial score (nSPS) is 11.8. The Morgan fingerprint density at radius 1 is 1.05 bits per heavy atom. The first-order valence-electron chi connectivity index (χ1n) is 6.75. The van der Waals surface area contributed by atoms with Gasteiger partial charge in [-0.05, 0) is 35.7 Å². The van der Waals surface area contributed by atoms with Gasteiger partial charge in [-0.3, -0.25) is 0 Å². The van der Waals surface area contributed by atoms with Crippen molar-refractivity contribution < 1.29 is 8.42 Å². The van der Waals surface area contributed by atoms with Gasteiger partial charge in [0.25, 0.3) is 0 Å². The Kier molecular flexibility index (Phi) is 4.77. The van der Waals surface area contributed by atoms with Crippen molar-refractivity contribution in [1.29, 1.82) is 0 Å². The molecule has 0 aliphatic rings. The Hall–Kier alpha value is -1.69. The third kappa shape index (κ3) is 3.50. The van der Waals surface area contributed by atoms with Crippen LogP contribution in [0.2, 0.25) is 0 Å². The summed E-state index contributed by atoms with van der Waals surface area (Å²) in [6, 6.07) is 14.5. The number of hydrogen-bond acceptors (Lipinski definition) is 3. The van der Waals surface area contributed by atoms with Crippen molar-refractivity contribution in [3.05, 3.63) is 65.2 Å². The molecule has 0 unspecified atom stereocenters. The Labute approximate surface area is 126 Å². The van der Waals surface area contributed by atoms with E-state index in [1.807, 2.05) is 31.2 Å². The van der Waals surface area contributed by atoms with Crippen LogP contribution in [0.1, 0.15) is 16.7 Å².